The van der Waals surface area contributed by atoms with Crippen molar-refractivity contribution in [1.29, 1.82) is 0 Å². The summed E-state index contributed by atoms with van der Waals surface area (Å²) in [7, 11) is 0. The van der Waals surface area contributed by atoms with E-state index >= 15 is 0 Å². The first-order valence-electron chi connectivity index (χ1n) is 4.94. The molecule has 0 aliphatic rings. The van der Waals surface area contributed by atoms with Gasteiger partial charge in [0.2, 0.25) is 5.91 Å². The van der Waals surface area contributed by atoms with Gasteiger partial charge in [0.05, 0.1) is 13.2 Å². The number of alkyl halides is 3. The summed E-state index contributed by atoms with van der Waals surface area (Å²) >= 11 is 0. The first kappa shape index (κ1) is 15.2. The largest absolute Gasteiger partial charge is 0.405 e. The van der Waals surface area contributed by atoms with Gasteiger partial charge in [0.15, 0.2) is 0 Å². The molecule has 0 rings (SSSR count). The molecular formula is C9H17F3N2O2. The molecule has 1 amide bonds. The van der Waals surface area contributed by atoms with Crippen LogP contribution in [0.5, 0.6) is 0 Å². The van der Waals surface area contributed by atoms with Gasteiger partial charge in [-0.2, -0.15) is 13.2 Å². The monoisotopic (exact) mass is 242 g/mol. The molecule has 1 atom stereocenters. The maximum atomic E-state index is 11.7. The Morgan fingerprint density at radius 2 is 1.94 bits per heavy atom. The van der Waals surface area contributed by atoms with Crippen LogP contribution in [0.25, 0.3) is 0 Å². The summed E-state index contributed by atoms with van der Waals surface area (Å²) in [6, 6.07) is -0.295. The number of carbonyl (C=O) groups excluding carboxylic acids is 1. The minimum absolute atomic E-state index is 0.0976. The number of halogens is 3. The van der Waals surface area contributed by atoms with E-state index in [2.05, 4.69) is 5.32 Å². The van der Waals surface area contributed by atoms with Gasteiger partial charge >= 0.3 is 6.18 Å². The van der Waals surface area contributed by atoms with Crippen molar-refractivity contribution in [1.82, 2.24) is 10.6 Å². The summed E-state index contributed by atoms with van der Waals surface area (Å²) in [4.78, 5) is 11.0. The zero-order chi connectivity index (χ0) is 12.8. The molecule has 0 aromatic rings. The minimum atomic E-state index is -4.40. The van der Waals surface area contributed by atoms with Crippen molar-refractivity contribution in [2.45, 2.75) is 26.1 Å². The Morgan fingerprint density at radius 3 is 2.31 bits per heavy atom. The molecular weight excluding hydrogens is 225 g/mol. The molecule has 0 aromatic heterocycles. The van der Waals surface area contributed by atoms with Crippen molar-refractivity contribution in [2.75, 3.05) is 19.7 Å². The lowest BCUT2D eigenvalue weighted by Gasteiger charge is -2.19. The molecule has 0 saturated heterocycles. The van der Waals surface area contributed by atoms with Crippen LogP contribution in [0.15, 0.2) is 0 Å². The lowest BCUT2D eigenvalue weighted by atomic mass is 10.1. The highest BCUT2D eigenvalue weighted by atomic mass is 19.4. The standard InChI is InChI=1S/C9H17F3N2O2/c1-6(2)7(4-15)13-3-8(16)14-5-9(10,11)12/h6-7,13,15H,3-5H2,1-2H3,(H,14,16). The minimum Gasteiger partial charge on any atom is -0.395 e. The first-order valence-corrected chi connectivity index (χ1v) is 4.94. The lowest BCUT2D eigenvalue weighted by Crippen LogP contribution is -2.45. The number of carbonyl (C=O) groups is 1. The van der Waals surface area contributed by atoms with E-state index in [4.69, 9.17) is 5.11 Å². The van der Waals surface area contributed by atoms with Crippen molar-refractivity contribution in [3.8, 4) is 0 Å². The van der Waals surface area contributed by atoms with Crippen LogP contribution in [0.2, 0.25) is 0 Å². The normalized spacial score (nSPS) is 13.9. The molecule has 96 valence electrons. The van der Waals surface area contributed by atoms with Gasteiger partial charge in [0, 0.05) is 6.04 Å². The van der Waals surface area contributed by atoms with Crippen LogP contribution in [0, 0.1) is 5.92 Å². The summed E-state index contributed by atoms with van der Waals surface area (Å²) < 4.78 is 35.2. The average Bonchev–Trinajstić information content (AvgIpc) is 2.14. The van der Waals surface area contributed by atoms with Gasteiger partial charge in [-0.3, -0.25) is 4.79 Å². The number of hydrogen-bond donors (Lipinski definition) is 3. The number of hydrogen-bond acceptors (Lipinski definition) is 3. The Morgan fingerprint density at radius 1 is 1.38 bits per heavy atom. The third-order valence-corrected chi connectivity index (χ3v) is 2.01. The fraction of sp³-hybridized carbons (Fsp3) is 0.889. The molecule has 0 spiro atoms. The van der Waals surface area contributed by atoms with Crippen LogP contribution in [0.1, 0.15) is 13.8 Å². The molecule has 0 aromatic carbocycles. The fourth-order valence-electron chi connectivity index (χ4n) is 0.996. The molecule has 0 fully saturated rings. The maximum Gasteiger partial charge on any atom is 0.405 e. The molecule has 3 N–H and O–H groups in total. The van der Waals surface area contributed by atoms with E-state index in [1.807, 2.05) is 13.8 Å². The summed E-state index contributed by atoms with van der Waals surface area (Å²) in [5.41, 5.74) is 0. The molecule has 0 radical (unpaired) electrons. The number of amides is 1. The van der Waals surface area contributed by atoms with Crippen molar-refractivity contribution in [3.05, 3.63) is 0 Å². The molecule has 7 heteroatoms. The van der Waals surface area contributed by atoms with Crippen LogP contribution < -0.4 is 10.6 Å². The Bertz CT molecular complexity index is 219. The first-order chi connectivity index (χ1) is 7.26. The predicted octanol–water partition coefficient (Wildman–Crippen LogP) is 0.271. The molecule has 0 saturated carbocycles. The summed E-state index contributed by atoms with van der Waals surface area (Å²) in [6.07, 6.45) is -4.40. The van der Waals surface area contributed by atoms with E-state index in [-0.39, 0.29) is 25.1 Å². The number of rotatable bonds is 6. The molecule has 0 bridgehead atoms. The van der Waals surface area contributed by atoms with Crippen molar-refractivity contribution < 1.29 is 23.1 Å². The second-order valence-electron chi connectivity index (χ2n) is 3.81. The van der Waals surface area contributed by atoms with E-state index in [0.717, 1.165) is 0 Å². The second-order valence-corrected chi connectivity index (χ2v) is 3.81. The van der Waals surface area contributed by atoms with Gasteiger partial charge in [0.1, 0.15) is 6.54 Å². The average molecular weight is 242 g/mol. The van der Waals surface area contributed by atoms with Gasteiger partial charge < -0.3 is 15.7 Å². The highest BCUT2D eigenvalue weighted by Crippen LogP contribution is 2.11. The Hall–Kier alpha value is -0.820. The van der Waals surface area contributed by atoms with Crippen LogP contribution in [-0.2, 0) is 4.79 Å². The van der Waals surface area contributed by atoms with Crippen LogP contribution in [-0.4, -0.2) is 42.9 Å². The van der Waals surface area contributed by atoms with Crippen LogP contribution >= 0.6 is 0 Å². The van der Waals surface area contributed by atoms with Gasteiger partial charge in [-0.1, -0.05) is 13.8 Å². The van der Waals surface area contributed by atoms with E-state index in [1.165, 1.54) is 0 Å². The molecule has 16 heavy (non-hydrogen) atoms. The lowest BCUT2D eigenvalue weighted by molar-refractivity contribution is -0.138. The van der Waals surface area contributed by atoms with Crippen LogP contribution in [0.3, 0.4) is 0 Å². The molecule has 0 aliphatic heterocycles. The topological polar surface area (TPSA) is 61.4 Å². The maximum absolute atomic E-state index is 11.7. The van der Waals surface area contributed by atoms with Crippen molar-refractivity contribution >= 4 is 5.91 Å². The van der Waals surface area contributed by atoms with Crippen LogP contribution in [0.4, 0.5) is 13.2 Å². The third-order valence-electron chi connectivity index (χ3n) is 2.01. The molecule has 0 aliphatic carbocycles. The summed E-state index contributed by atoms with van der Waals surface area (Å²) in [5.74, 6) is -0.642. The summed E-state index contributed by atoms with van der Waals surface area (Å²) in [6.45, 7) is 1.94. The van der Waals surface area contributed by atoms with E-state index in [9.17, 15) is 18.0 Å². The highest BCUT2D eigenvalue weighted by Gasteiger charge is 2.27. The molecule has 0 heterocycles. The van der Waals surface area contributed by atoms with E-state index < -0.39 is 18.6 Å². The SMILES string of the molecule is CC(C)C(CO)NCC(=O)NCC(F)(F)F. The molecule has 1 unspecified atom stereocenters. The van der Waals surface area contributed by atoms with Gasteiger partial charge in [-0.15, -0.1) is 0 Å². The Balaban J connectivity index is 3.80. The third kappa shape index (κ3) is 7.47. The fourth-order valence-corrected chi connectivity index (χ4v) is 0.996. The molecule has 4 nitrogen and oxygen atoms in total. The zero-order valence-corrected chi connectivity index (χ0v) is 9.27. The van der Waals surface area contributed by atoms with E-state index in [1.54, 1.807) is 5.32 Å². The van der Waals surface area contributed by atoms with Gasteiger partial charge in [-0.25, -0.2) is 0 Å². The smallest absolute Gasteiger partial charge is 0.395 e. The van der Waals surface area contributed by atoms with E-state index in [0.29, 0.717) is 0 Å². The number of aliphatic hydroxyl groups excluding tert-OH is 1. The second kappa shape index (κ2) is 6.70. The van der Waals surface area contributed by atoms with Crippen molar-refractivity contribution in [2.24, 2.45) is 5.92 Å². The zero-order valence-electron chi connectivity index (χ0n) is 9.27. The Kier molecular flexibility index (Phi) is 6.35. The van der Waals surface area contributed by atoms with Gasteiger partial charge in [0.25, 0.3) is 0 Å². The number of aliphatic hydroxyl groups is 1. The number of nitrogens with one attached hydrogen (secondary N) is 2. The van der Waals surface area contributed by atoms with Crippen molar-refractivity contribution in [3.63, 3.8) is 0 Å². The Labute approximate surface area is 92.2 Å². The van der Waals surface area contributed by atoms with Gasteiger partial charge in [-0.05, 0) is 5.92 Å². The quantitative estimate of drug-likeness (QED) is 0.626. The summed E-state index contributed by atoms with van der Waals surface area (Å²) in [5, 5.41) is 13.3. The highest BCUT2D eigenvalue weighted by molar-refractivity contribution is 5.78. The predicted molar refractivity (Wildman–Crippen MR) is 52.8 cm³/mol.